The van der Waals surface area contributed by atoms with E-state index in [0.29, 0.717) is 12.5 Å². The summed E-state index contributed by atoms with van der Waals surface area (Å²) in [6.07, 6.45) is 8.54. The van der Waals surface area contributed by atoms with Gasteiger partial charge in [0.05, 0.1) is 23.7 Å². The molecule has 1 spiro atoms. The van der Waals surface area contributed by atoms with Crippen LogP contribution in [0, 0.1) is 11.3 Å². The topological polar surface area (TPSA) is 61.6 Å². The number of hydrogen-bond donors (Lipinski definition) is 1. The van der Waals surface area contributed by atoms with Gasteiger partial charge in [0, 0.05) is 39.1 Å². The van der Waals surface area contributed by atoms with Crippen LogP contribution < -0.4 is 0 Å². The molecule has 3 aliphatic rings. The van der Waals surface area contributed by atoms with E-state index in [9.17, 15) is 9.90 Å². The number of para-hydroxylation sites is 2. The molecule has 1 aromatic carbocycles. The van der Waals surface area contributed by atoms with Gasteiger partial charge in [0.15, 0.2) is 0 Å². The minimum Gasteiger partial charge on any atom is -0.392 e. The monoisotopic (exact) mass is 408 g/mol. The number of amides is 1. The van der Waals surface area contributed by atoms with E-state index in [2.05, 4.69) is 45.7 Å². The lowest BCUT2D eigenvalue weighted by Crippen LogP contribution is -2.54. The molecule has 1 N–H and O–H groups in total. The summed E-state index contributed by atoms with van der Waals surface area (Å²) in [6.45, 7) is 4.06. The second-order valence-electron chi connectivity index (χ2n) is 9.57. The lowest BCUT2D eigenvalue weighted by molar-refractivity contribution is -0.139. The van der Waals surface area contributed by atoms with Crippen LogP contribution in [0.1, 0.15) is 37.9 Å². The third-order valence-corrected chi connectivity index (χ3v) is 7.43. The van der Waals surface area contributed by atoms with Crippen LogP contribution in [-0.4, -0.2) is 62.6 Å². The highest BCUT2D eigenvalue weighted by molar-refractivity contribution is 5.79. The van der Waals surface area contributed by atoms with Crippen LogP contribution in [0.15, 0.2) is 36.4 Å². The number of rotatable bonds is 3. The number of aromatic nitrogens is 2. The van der Waals surface area contributed by atoms with Crippen molar-refractivity contribution in [3.63, 3.8) is 0 Å². The van der Waals surface area contributed by atoms with Gasteiger partial charge < -0.3 is 14.6 Å². The van der Waals surface area contributed by atoms with Crippen LogP contribution in [0.5, 0.6) is 0 Å². The van der Waals surface area contributed by atoms with Gasteiger partial charge in [-0.3, -0.25) is 9.69 Å². The first kappa shape index (κ1) is 19.8. The molecule has 160 valence electrons. The molecule has 2 aromatic rings. The minimum absolute atomic E-state index is 0.104. The lowest BCUT2D eigenvalue weighted by Gasteiger charge is -2.49. The average Bonchev–Trinajstić information content (AvgIpc) is 3.37. The molecule has 2 fully saturated rings. The van der Waals surface area contributed by atoms with Crippen molar-refractivity contribution in [1.29, 1.82) is 0 Å². The number of piperidine rings is 2. The number of aliphatic hydroxyl groups excluding tert-OH is 1. The van der Waals surface area contributed by atoms with Crippen LogP contribution in [0.4, 0.5) is 0 Å². The van der Waals surface area contributed by atoms with Gasteiger partial charge in [-0.2, -0.15) is 0 Å². The first-order valence-corrected chi connectivity index (χ1v) is 11.3. The SMILES string of the molecule is Cn1c(CN2CC(O)CC3(CCN(C(=O)C4CC=CC4)CC3)C2)nc2ccccc21. The molecule has 2 aliphatic heterocycles. The van der Waals surface area contributed by atoms with Gasteiger partial charge in [0.1, 0.15) is 5.82 Å². The van der Waals surface area contributed by atoms with E-state index >= 15 is 0 Å². The van der Waals surface area contributed by atoms with Gasteiger partial charge in [-0.15, -0.1) is 0 Å². The Bertz CT molecular complexity index is 949. The van der Waals surface area contributed by atoms with Crippen molar-refractivity contribution in [2.75, 3.05) is 26.2 Å². The zero-order chi connectivity index (χ0) is 20.7. The van der Waals surface area contributed by atoms with E-state index in [0.717, 1.165) is 75.1 Å². The van der Waals surface area contributed by atoms with Crippen LogP contribution in [0.2, 0.25) is 0 Å². The number of fused-ring (bicyclic) bond motifs is 1. The van der Waals surface area contributed by atoms with Crippen molar-refractivity contribution >= 4 is 16.9 Å². The number of nitrogens with zero attached hydrogens (tertiary/aromatic N) is 4. The Kier molecular flexibility index (Phi) is 5.15. The maximum atomic E-state index is 12.8. The predicted molar refractivity (Wildman–Crippen MR) is 117 cm³/mol. The fourth-order valence-electron chi connectivity index (χ4n) is 5.76. The number of likely N-dealkylation sites (tertiary alicyclic amines) is 2. The quantitative estimate of drug-likeness (QED) is 0.794. The Morgan fingerprint density at radius 1 is 1.20 bits per heavy atom. The van der Waals surface area contributed by atoms with Gasteiger partial charge in [-0.05, 0) is 49.7 Å². The summed E-state index contributed by atoms with van der Waals surface area (Å²) in [5.41, 5.74) is 2.27. The van der Waals surface area contributed by atoms with Crippen molar-refractivity contribution in [1.82, 2.24) is 19.4 Å². The zero-order valence-electron chi connectivity index (χ0n) is 17.8. The number of β-amino-alcohol motifs (C(OH)–C–C–N with tert-alkyl or cyclic N) is 1. The number of aliphatic hydroxyl groups is 1. The second kappa shape index (κ2) is 7.82. The molecule has 6 nitrogen and oxygen atoms in total. The van der Waals surface area contributed by atoms with E-state index < -0.39 is 0 Å². The number of aryl methyl sites for hydroxylation is 1. The Hall–Kier alpha value is -2.18. The molecule has 3 heterocycles. The zero-order valence-corrected chi connectivity index (χ0v) is 17.8. The molecule has 0 saturated carbocycles. The fourth-order valence-corrected chi connectivity index (χ4v) is 5.76. The third kappa shape index (κ3) is 3.67. The Labute approximate surface area is 178 Å². The molecule has 1 unspecified atom stereocenters. The fraction of sp³-hybridized carbons (Fsp3) is 0.583. The maximum Gasteiger partial charge on any atom is 0.226 e. The minimum atomic E-state index is -0.310. The van der Waals surface area contributed by atoms with Crippen LogP contribution >= 0.6 is 0 Å². The highest BCUT2D eigenvalue weighted by atomic mass is 16.3. The second-order valence-corrected chi connectivity index (χ2v) is 9.57. The highest BCUT2D eigenvalue weighted by Crippen LogP contribution is 2.41. The van der Waals surface area contributed by atoms with Crippen molar-refractivity contribution in [3.8, 4) is 0 Å². The normalized spacial score (nSPS) is 24.9. The molecule has 1 amide bonds. The molecule has 5 rings (SSSR count). The van der Waals surface area contributed by atoms with Crippen LogP contribution in [0.25, 0.3) is 11.0 Å². The summed E-state index contributed by atoms with van der Waals surface area (Å²) in [7, 11) is 2.07. The molecule has 0 radical (unpaired) electrons. The van der Waals surface area contributed by atoms with E-state index in [4.69, 9.17) is 4.98 Å². The van der Waals surface area contributed by atoms with Gasteiger partial charge in [0.2, 0.25) is 5.91 Å². The van der Waals surface area contributed by atoms with E-state index in [1.54, 1.807) is 0 Å². The van der Waals surface area contributed by atoms with E-state index in [-0.39, 0.29) is 17.4 Å². The maximum absolute atomic E-state index is 12.8. The van der Waals surface area contributed by atoms with Crippen molar-refractivity contribution in [2.24, 2.45) is 18.4 Å². The molecule has 6 heteroatoms. The molecule has 0 bridgehead atoms. The molecule has 30 heavy (non-hydrogen) atoms. The molecule has 1 aromatic heterocycles. The summed E-state index contributed by atoms with van der Waals surface area (Å²) >= 11 is 0. The third-order valence-electron chi connectivity index (χ3n) is 7.43. The van der Waals surface area contributed by atoms with Crippen molar-refractivity contribution in [3.05, 3.63) is 42.2 Å². The van der Waals surface area contributed by atoms with Crippen molar-refractivity contribution in [2.45, 2.75) is 44.8 Å². The van der Waals surface area contributed by atoms with Gasteiger partial charge in [0.25, 0.3) is 0 Å². The largest absolute Gasteiger partial charge is 0.392 e. The van der Waals surface area contributed by atoms with Crippen LogP contribution in [-0.2, 0) is 18.4 Å². The molecule has 1 atom stereocenters. The molecular formula is C24H32N4O2. The van der Waals surface area contributed by atoms with Crippen molar-refractivity contribution < 1.29 is 9.90 Å². The first-order chi connectivity index (χ1) is 14.5. The number of benzene rings is 1. The number of carbonyl (C=O) groups excluding carboxylic acids is 1. The summed E-state index contributed by atoms with van der Waals surface area (Å²) < 4.78 is 2.17. The number of carbonyl (C=O) groups is 1. The molecule has 2 saturated heterocycles. The van der Waals surface area contributed by atoms with E-state index in [1.807, 2.05) is 12.1 Å². The molecule has 1 aliphatic carbocycles. The Morgan fingerprint density at radius 2 is 1.93 bits per heavy atom. The highest BCUT2D eigenvalue weighted by Gasteiger charge is 2.43. The number of hydrogen-bond acceptors (Lipinski definition) is 4. The summed E-state index contributed by atoms with van der Waals surface area (Å²) in [5, 5.41) is 10.7. The number of allylic oxidation sites excluding steroid dienone is 2. The summed E-state index contributed by atoms with van der Waals surface area (Å²) in [6, 6.07) is 8.22. The Morgan fingerprint density at radius 3 is 2.67 bits per heavy atom. The van der Waals surface area contributed by atoms with Gasteiger partial charge >= 0.3 is 0 Å². The smallest absolute Gasteiger partial charge is 0.226 e. The molecular weight excluding hydrogens is 376 g/mol. The lowest BCUT2D eigenvalue weighted by atomic mass is 9.71. The van der Waals surface area contributed by atoms with Gasteiger partial charge in [-0.25, -0.2) is 4.98 Å². The van der Waals surface area contributed by atoms with Crippen LogP contribution in [0.3, 0.4) is 0 Å². The predicted octanol–water partition coefficient (Wildman–Crippen LogP) is 2.71. The summed E-state index contributed by atoms with van der Waals surface area (Å²) in [5.74, 6) is 1.52. The number of imidazole rings is 1. The Balaban J connectivity index is 1.26. The first-order valence-electron chi connectivity index (χ1n) is 11.3. The van der Waals surface area contributed by atoms with Gasteiger partial charge in [-0.1, -0.05) is 24.3 Å². The summed E-state index contributed by atoms with van der Waals surface area (Å²) in [4.78, 5) is 22.0. The standard InChI is InChI=1S/C24H32N4O2/c1-26-21-9-5-4-8-20(21)25-22(26)16-27-15-19(29)14-24(17-27)10-12-28(13-11-24)23(30)18-6-2-3-7-18/h2-5,8-9,18-19,29H,6-7,10-17H2,1H3. The van der Waals surface area contributed by atoms with E-state index in [1.165, 1.54) is 0 Å². The average molecular weight is 409 g/mol.